The number of hydrogen-bond donors (Lipinski definition) is 1. The Morgan fingerprint density at radius 2 is 1.21 bits per heavy atom. The van der Waals surface area contributed by atoms with E-state index < -0.39 is 34.9 Å². The van der Waals surface area contributed by atoms with E-state index in [2.05, 4.69) is 15.0 Å². The Balaban J connectivity index is 1.94. The average Bonchev–Trinajstić information content (AvgIpc) is 2.88. The fraction of sp³-hybridized carbons (Fsp3) is 0. The molecule has 0 bridgehead atoms. The predicted octanol–water partition coefficient (Wildman–Crippen LogP) is 5.97. The summed E-state index contributed by atoms with van der Waals surface area (Å²) in [6.45, 7) is 0. The van der Waals surface area contributed by atoms with Crippen LogP contribution in [0.25, 0.3) is 44.8 Å². The van der Waals surface area contributed by atoms with Gasteiger partial charge in [0.2, 0.25) is 0 Å². The van der Waals surface area contributed by atoms with E-state index in [0.717, 1.165) is 18.3 Å². The molecule has 0 aliphatic rings. The summed E-state index contributed by atoms with van der Waals surface area (Å²) < 4.78 is 59.9. The number of pyridine rings is 3. The molecule has 2 aromatic carbocycles. The fourth-order valence-corrected chi connectivity index (χ4v) is 5.24. The first kappa shape index (κ1) is 25.4. The minimum atomic E-state index is -1.39. The van der Waals surface area contributed by atoms with Crippen LogP contribution in [-0.2, 0) is 18.9 Å². The maximum absolute atomic E-state index is 15.3. The zero-order chi connectivity index (χ0) is 27.0. The van der Waals surface area contributed by atoms with Crippen LogP contribution in [0.1, 0.15) is 10.5 Å². The van der Waals surface area contributed by atoms with E-state index in [0.29, 0.717) is 12.1 Å². The fourth-order valence-electron chi connectivity index (χ4n) is 4.18. The Bertz CT molecular complexity index is 1700. The van der Waals surface area contributed by atoms with Crippen molar-refractivity contribution in [3.63, 3.8) is 0 Å². The maximum atomic E-state index is 15.3. The molecule has 0 saturated carbocycles. The number of halogens is 4. The molecule has 0 atom stereocenters. The Labute approximate surface area is 224 Å². The Hall–Kier alpha value is -4.27. The van der Waals surface area contributed by atoms with E-state index in [4.69, 9.17) is 0 Å². The van der Waals surface area contributed by atoms with Gasteiger partial charge < -0.3 is 0 Å². The summed E-state index contributed by atoms with van der Waals surface area (Å²) in [4.78, 5) is 24.4. The number of nitrogens with zero attached hydrogens (tertiary/aromatic N) is 3. The molecule has 0 spiro atoms. The van der Waals surface area contributed by atoms with Crippen LogP contribution in [0, 0.1) is 23.3 Å². The SMILES string of the molecule is O=C(O)c1ncc(-c2cc(F)cc(F)c2-c2ccccn2)c(-c2cc(F)cc(F)c2-c2ccccn2)[c]1[Ir]. The first-order valence-electron chi connectivity index (χ1n) is 11.0. The van der Waals surface area contributed by atoms with E-state index in [1.807, 2.05) is 0 Å². The standard InChI is InChI=1S/C28H14F4N3O2.Ir/c29-15-9-18(26(21(31)11-15)23-5-1-3-7-33-23)17-13-25(28(36)37)35-14-20(17)19-10-16(30)12-22(32)27(19)24-6-2-4-8-34-24;/h1-12,14H,(H,36,37);. The van der Waals surface area contributed by atoms with Crippen LogP contribution in [0.2, 0.25) is 0 Å². The molecule has 0 aliphatic carbocycles. The van der Waals surface area contributed by atoms with Crippen LogP contribution in [0.5, 0.6) is 0 Å². The summed E-state index contributed by atoms with van der Waals surface area (Å²) in [7, 11) is 0. The molecule has 0 radical (unpaired) electrons. The topological polar surface area (TPSA) is 76.0 Å². The van der Waals surface area contributed by atoms with Gasteiger partial charge in [-0.25, -0.2) is 0 Å². The van der Waals surface area contributed by atoms with Gasteiger partial charge >= 0.3 is 224 Å². The number of carbonyl (C=O) groups is 1. The molecule has 190 valence electrons. The third kappa shape index (κ3) is 4.60. The van der Waals surface area contributed by atoms with Crippen molar-refractivity contribution in [1.82, 2.24) is 15.0 Å². The van der Waals surface area contributed by atoms with Gasteiger partial charge in [-0.1, -0.05) is 0 Å². The summed E-state index contributed by atoms with van der Waals surface area (Å²) in [5.74, 6) is -5.12. The number of carboxylic acids is 1. The second kappa shape index (κ2) is 10.2. The minimum absolute atomic E-state index is 0.0265. The van der Waals surface area contributed by atoms with E-state index in [9.17, 15) is 18.7 Å². The second-order valence-electron chi connectivity index (χ2n) is 8.04. The summed E-state index contributed by atoms with van der Waals surface area (Å²) in [6.07, 6.45) is 3.98. The van der Waals surface area contributed by atoms with Crippen LogP contribution < -0.4 is 4.08 Å². The zero-order valence-electron chi connectivity index (χ0n) is 19.0. The van der Waals surface area contributed by atoms with Gasteiger partial charge in [0.15, 0.2) is 0 Å². The van der Waals surface area contributed by atoms with Gasteiger partial charge in [-0.15, -0.1) is 0 Å². The molecule has 0 fully saturated rings. The van der Waals surface area contributed by atoms with E-state index in [-0.39, 0.29) is 48.8 Å². The normalized spacial score (nSPS) is 11.0. The van der Waals surface area contributed by atoms with Crippen molar-refractivity contribution in [2.75, 3.05) is 0 Å². The summed E-state index contributed by atoms with van der Waals surface area (Å²) >= 11 is 1.41. The van der Waals surface area contributed by atoms with Crippen LogP contribution in [0.3, 0.4) is 0 Å². The van der Waals surface area contributed by atoms with Gasteiger partial charge in [0, 0.05) is 0 Å². The molecule has 3 aromatic heterocycles. The number of benzene rings is 2. The van der Waals surface area contributed by atoms with Gasteiger partial charge in [0.25, 0.3) is 0 Å². The van der Waals surface area contributed by atoms with Gasteiger partial charge in [0.05, 0.1) is 0 Å². The van der Waals surface area contributed by atoms with Crippen LogP contribution in [0.15, 0.2) is 79.3 Å². The van der Waals surface area contributed by atoms with Gasteiger partial charge in [-0.3, -0.25) is 0 Å². The van der Waals surface area contributed by atoms with E-state index >= 15 is 8.78 Å². The molecule has 0 aliphatic heterocycles. The summed E-state index contributed by atoms with van der Waals surface area (Å²) in [5, 5.41) is 9.76. The van der Waals surface area contributed by atoms with Gasteiger partial charge in [-0.05, 0) is 0 Å². The molecule has 10 heteroatoms. The third-order valence-corrected chi connectivity index (χ3v) is 6.88. The van der Waals surface area contributed by atoms with Crippen molar-refractivity contribution in [3.8, 4) is 44.8 Å². The average molecular weight is 693 g/mol. The van der Waals surface area contributed by atoms with Gasteiger partial charge in [-0.2, -0.15) is 0 Å². The zero-order valence-corrected chi connectivity index (χ0v) is 21.4. The molecule has 1 N–H and O–H groups in total. The second-order valence-corrected chi connectivity index (χ2v) is 9.24. The first-order valence-corrected chi connectivity index (χ1v) is 12.2. The van der Waals surface area contributed by atoms with E-state index in [1.54, 1.807) is 24.3 Å². The molecule has 3 heterocycles. The molecular formula is C28H14F4IrN3O2. The molecule has 0 unspecified atom stereocenters. The third-order valence-electron chi connectivity index (χ3n) is 5.71. The van der Waals surface area contributed by atoms with Crippen LogP contribution in [0.4, 0.5) is 17.6 Å². The van der Waals surface area contributed by atoms with Crippen LogP contribution >= 0.6 is 0 Å². The van der Waals surface area contributed by atoms with Crippen molar-refractivity contribution in [1.29, 1.82) is 0 Å². The quantitative estimate of drug-likeness (QED) is 0.230. The van der Waals surface area contributed by atoms with Crippen LogP contribution in [-0.4, -0.2) is 26.0 Å². The molecule has 5 aromatic rings. The van der Waals surface area contributed by atoms with Crippen molar-refractivity contribution < 1.29 is 46.4 Å². The van der Waals surface area contributed by atoms with Crippen molar-refractivity contribution in [3.05, 3.63) is 108 Å². The molecule has 0 saturated heterocycles. The van der Waals surface area contributed by atoms with Crippen molar-refractivity contribution >= 4 is 10.0 Å². The van der Waals surface area contributed by atoms with Crippen molar-refractivity contribution in [2.45, 2.75) is 0 Å². The summed E-state index contributed by atoms with van der Waals surface area (Å²) in [5.41, 5.74) is -0.292. The summed E-state index contributed by atoms with van der Waals surface area (Å²) in [6, 6.07) is 12.9. The van der Waals surface area contributed by atoms with Crippen molar-refractivity contribution in [2.24, 2.45) is 0 Å². The monoisotopic (exact) mass is 693 g/mol. The Kier molecular flexibility index (Phi) is 6.84. The number of aromatic carboxylic acids is 1. The number of carboxylic acid groups (broad SMARTS) is 1. The Morgan fingerprint density at radius 1 is 0.684 bits per heavy atom. The van der Waals surface area contributed by atoms with Gasteiger partial charge in [0.1, 0.15) is 0 Å². The molecule has 5 rings (SSSR count). The first-order chi connectivity index (χ1) is 18.3. The molecule has 5 nitrogen and oxygen atoms in total. The number of rotatable bonds is 5. The molecule has 0 amide bonds. The molecular weight excluding hydrogens is 679 g/mol. The van der Waals surface area contributed by atoms with E-state index in [1.165, 1.54) is 43.4 Å². The predicted molar refractivity (Wildman–Crippen MR) is 128 cm³/mol. The number of hydrogen-bond acceptors (Lipinski definition) is 4. The molecule has 38 heavy (non-hydrogen) atoms. The Morgan fingerprint density at radius 3 is 1.71 bits per heavy atom. The number of aromatic nitrogens is 3.